The Morgan fingerprint density at radius 1 is 1.15 bits per heavy atom. The van der Waals surface area contributed by atoms with Gasteiger partial charge in [0.25, 0.3) is 5.91 Å². The third-order valence-corrected chi connectivity index (χ3v) is 3.59. The average molecular weight is 352 g/mol. The zero-order chi connectivity index (χ0) is 18.5. The van der Waals surface area contributed by atoms with Crippen molar-refractivity contribution in [3.63, 3.8) is 0 Å². The number of carbonyl (C=O) groups excluding carboxylic acids is 2. The molecule has 3 aromatic rings. The van der Waals surface area contributed by atoms with Crippen LogP contribution >= 0.6 is 0 Å². The topological polar surface area (TPSA) is 120 Å². The molecule has 8 nitrogen and oxygen atoms in total. The van der Waals surface area contributed by atoms with Crippen LogP contribution in [0.2, 0.25) is 0 Å². The van der Waals surface area contributed by atoms with Crippen molar-refractivity contribution < 1.29 is 18.7 Å². The summed E-state index contributed by atoms with van der Waals surface area (Å²) in [6.07, 6.45) is 1.48. The summed E-state index contributed by atoms with van der Waals surface area (Å²) in [6, 6.07) is 12.6. The number of nitrogens with two attached hydrogens (primary N) is 1. The highest BCUT2D eigenvalue weighted by atomic mass is 16.5. The molecule has 0 spiro atoms. The fraction of sp³-hybridized carbons (Fsp3) is 0.111. The van der Waals surface area contributed by atoms with Crippen molar-refractivity contribution in [1.82, 2.24) is 15.3 Å². The van der Waals surface area contributed by atoms with Crippen LogP contribution in [0, 0.1) is 0 Å². The van der Waals surface area contributed by atoms with E-state index in [1.54, 1.807) is 42.5 Å². The second kappa shape index (κ2) is 7.47. The maximum Gasteiger partial charge on any atom is 0.333 e. The highest BCUT2D eigenvalue weighted by molar-refractivity contribution is 5.96. The van der Waals surface area contributed by atoms with E-state index in [9.17, 15) is 9.59 Å². The number of hydrogen-bond donors (Lipinski definition) is 2. The maximum atomic E-state index is 12.6. The standard InChI is InChI=1S/C18H16N4O4/c1-25-17(24)15(11-6-3-2-4-7-11)22-16(23)13-10-12(20-18(19)21-13)14-8-5-9-26-14/h2-10,15H,1H3,(H,22,23)(H2,19,20,21)/t15-/m0/s1. The van der Waals surface area contributed by atoms with Crippen LogP contribution in [0.3, 0.4) is 0 Å². The number of nitrogen functional groups attached to an aromatic ring is 1. The molecule has 26 heavy (non-hydrogen) atoms. The fourth-order valence-electron chi connectivity index (χ4n) is 2.38. The van der Waals surface area contributed by atoms with E-state index in [0.717, 1.165) is 0 Å². The van der Waals surface area contributed by atoms with Gasteiger partial charge >= 0.3 is 5.97 Å². The number of esters is 1. The molecule has 2 aromatic heterocycles. The van der Waals surface area contributed by atoms with Crippen LogP contribution in [0.5, 0.6) is 0 Å². The Morgan fingerprint density at radius 2 is 1.92 bits per heavy atom. The second-order valence-corrected chi connectivity index (χ2v) is 5.31. The van der Waals surface area contributed by atoms with E-state index in [-0.39, 0.29) is 11.6 Å². The lowest BCUT2D eigenvalue weighted by Gasteiger charge is -2.16. The molecule has 1 atom stereocenters. The fourth-order valence-corrected chi connectivity index (χ4v) is 2.38. The summed E-state index contributed by atoms with van der Waals surface area (Å²) in [4.78, 5) is 32.7. The Morgan fingerprint density at radius 3 is 2.58 bits per heavy atom. The van der Waals surface area contributed by atoms with Gasteiger partial charge in [0.15, 0.2) is 11.8 Å². The number of benzene rings is 1. The number of nitrogens with zero attached hydrogens (tertiary/aromatic N) is 2. The molecule has 0 saturated heterocycles. The van der Waals surface area contributed by atoms with E-state index in [1.807, 2.05) is 0 Å². The first kappa shape index (κ1) is 17.2. The van der Waals surface area contributed by atoms with Crippen molar-refractivity contribution >= 4 is 17.8 Å². The Labute approximate surface area is 149 Å². The molecule has 0 unspecified atom stereocenters. The highest BCUT2D eigenvalue weighted by Gasteiger charge is 2.25. The maximum absolute atomic E-state index is 12.6. The van der Waals surface area contributed by atoms with Crippen molar-refractivity contribution in [2.24, 2.45) is 0 Å². The molecule has 0 saturated carbocycles. The molecule has 0 bridgehead atoms. The van der Waals surface area contributed by atoms with E-state index in [2.05, 4.69) is 15.3 Å². The second-order valence-electron chi connectivity index (χ2n) is 5.31. The van der Waals surface area contributed by atoms with Crippen molar-refractivity contribution in [2.45, 2.75) is 6.04 Å². The number of nitrogens with one attached hydrogen (secondary N) is 1. The number of ether oxygens (including phenoxy) is 1. The summed E-state index contributed by atoms with van der Waals surface area (Å²) >= 11 is 0. The van der Waals surface area contributed by atoms with Crippen LogP contribution in [-0.4, -0.2) is 29.0 Å². The van der Waals surface area contributed by atoms with Gasteiger partial charge in [-0.2, -0.15) is 0 Å². The quantitative estimate of drug-likeness (QED) is 0.673. The van der Waals surface area contributed by atoms with Gasteiger partial charge < -0.3 is 20.2 Å². The van der Waals surface area contributed by atoms with Crippen LogP contribution < -0.4 is 11.1 Å². The van der Waals surface area contributed by atoms with Gasteiger partial charge in [0, 0.05) is 0 Å². The average Bonchev–Trinajstić information content (AvgIpc) is 3.20. The lowest BCUT2D eigenvalue weighted by atomic mass is 10.1. The van der Waals surface area contributed by atoms with Gasteiger partial charge in [-0.05, 0) is 23.8 Å². The van der Waals surface area contributed by atoms with Gasteiger partial charge in [-0.1, -0.05) is 30.3 Å². The Bertz CT molecular complexity index is 910. The number of carbonyl (C=O) groups is 2. The molecule has 2 heterocycles. The highest BCUT2D eigenvalue weighted by Crippen LogP contribution is 2.20. The zero-order valence-electron chi connectivity index (χ0n) is 13.9. The van der Waals surface area contributed by atoms with Gasteiger partial charge in [0.2, 0.25) is 5.95 Å². The minimum Gasteiger partial charge on any atom is -0.467 e. The molecule has 0 aliphatic carbocycles. The van der Waals surface area contributed by atoms with Crippen molar-refractivity contribution in [1.29, 1.82) is 0 Å². The Kier molecular flexibility index (Phi) is 4.93. The van der Waals surface area contributed by atoms with E-state index in [1.165, 1.54) is 19.4 Å². The SMILES string of the molecule is COC(=O)[C@@H](NC(=O)c1cc(-c2ccco2)nc(N)n1)c1ccccc1. The first-order valence-corrected chi connectivity index (χ1v) is 7.70. The van der Waals surface area contributed by atoms with E-state index < -0.39 is 17.9 Å². The van der Waals surface area contributed by atoms with Crippen LogP contribution in [0.4, 0.5) is 5.95 Å². The summed E-state index contributed by atoms with van der Waals surface area (Å²) in [6.45, 7) is 0. The van der Waals surface area contributed by atoms with Gasteiger partial charge in [0.05, 0.1) is 13.4 Å². The van der Waals surface area contributed by atoms with Gasteiger partial charge in [-0.15, -0.1) is 0 Å². The van der Waals surface area contributed by atoms with Gasteiger partial charge in [0.1, 0.15) is 11.4 Å². The van der Waals surface area contributed by atoms with E-state index >= 15 is 0 Å². The minimum absolute atomic E-state index is 0.00809. The Balaban J connectivity index is 1.89. The first-order chi connectivity index (χ1) is 12.6. The summed E-state index contributed by atoms with van der Waals surface area (Å²) in [5.41, 5.74) is 6.65. The van der Waals surface area contributed by atoms with Crippen molar-refractivity contribution in [3.05, 3.63) is 66.1 Å². The van der Waals surface area contributed by atoms with Gasteiger partial charge in [-0.25, -0.2) is 14.8 Å². The molecule has 0 aliphatic heterocycles. The number of aromatic nitrogens is 2. The molecule has 1 amide bonds. The number of methoxy groups -OCH3 is 1. The van der Waals surface area contributed by atoms with E-state index in [4.69, 9.17) is 14.9 Å². The third-order valence-electron chi connectivity index (χ3n) is 3.59. The van der Waals surface area contributed by atoms with Crippen molar-refractivity contribution in [2.75, 3.05) is 12.8 Å². The van der Waals surface area contributed by atoms with Crippen molar-refractivity contribution in [3.8, 4) is 11.5 Å². The molecular formula is C18H16N4O4. The number of furan rings is 1. The summed E-state index contributed by atoms with van der Waals surface area (Å²) < 4.78 is 10.0. The predicted octanol–water partition coefficient (Wildman–Crippen LogP) is 1.96. The smallest absolute Gasteiger partial charge is 0.333 e. The van der Waals surface area contributed by atoms with Gasteiger partial charge in [-0.3, -0.25) is 4.79 Å². The number of rotatable bonds is 5. The largest absolute Gasteiger partial charge is 0.467 e. The number of hydrogen-bond acceptors (Lipinski definition) is 7. The summed E-state index contributed by atoms with van der Waals surface area (Å²) in [7, 11) is 1.25. The predicted molar refractivity (Wildman–Crippen MR) is 92.8 cm³/mol. The Hall–Kier alpha value is -3.68. The minimum atomic E-state index is -0.975. The normalized spacial score (nSPS) is 11.6. The molecule has 1 aromatic carbocycles. The first-order valence-electron chi connectivity index (χ1n) is 7.70. The third kappa shape index (κ3) is 3.69. The lowest BCUT2D eigenvalue weighted by molar-refractivity contribution is -0.143. The summed E-state index contributed by atoms with van der Waals surface area (Å²) in [5, 5.41) is 2.61. The lowest BCUT2D eigenvalue weighted by Crippen LogP contribution is -2.35. The van der Waals surface area contributed by atoms with Crippen LogP contribution in [0.1, 0.15) is 22.1 Å². The number of anilines is 1. The van der Waals surface area contributed by atoms with Crippen LogP contribution in [0.15, 0.2) is 59.2 Å². The molecule has 0 fully saturated rings. The summed E-state index contributed by atoms with van der Waals surface area (Å²) in [5.74, 6) is -0.830. The molecule has 8 heteroatoms. The van der Waals surface area contributed by atoms with E-state index in [0.29, 0.717) is 17.0 Å². The van der Waals surface area contributed by atoms with Crippen LogP contribution in [-0.2, 0) is 9.53 Å². The monoisotopic (exact) mass is 352 g/mol. The molecule has 3 N–H and O–H groups in total. The molecular weight excluding hydrogens is 336 g/mol. The van der Waals surface area contributed by atoms with Crippen LogP contribution in [0.25, 0.3) is 11.5 Å². The molecule has 0 aliphatic rings. The number of amides is 1. The molecule has 132 valence electrons. The molecule has 0 radical (unpaired) electrons. The molecule has 3 rings (SSSR count). The zero-order valence-corrected chi connectivity index (χ0v) is 13.9.